The second-order valence-electron chi connectivity index (χ2n) is 4.82. The number of hydrogen-bond acceptors (Lipinski definition) is 4. The summed E-state index contributed by atoms with van der Waals surface area (Å²) in [6.45, 7) is 3.94. The number of aliphatic hydroxyl groups is 1. The summed E-state index contributed by atoms with van der Waals surface area (Å²) in [5, 5.41) is 15.5. The minimum atomic E-state index is -0.0126. The summed E-state index contributed by atoms with van der Waals surface area (Å²) >= 11 is 1.49. The first kappa shape index (κ1) is 13.2. The average Bonchev–Trinajstić information content (AvgIpc) is 2.90. The van der Waals surface area contributed by atoms with Crippen LogP contribution < -0.4 is 0 Å². The van der Waals surface area contributed by atoms with Crippen molar-refractivity contribution >= 4 is 22.8 Å². The number of aryl methyl sites for hydroxylation is 3. The molecule has 2 N–H and O–H groups in total. The monoisotopic (exact) mass is 288 g/mol. The summed E-state index contributed by atoms with van der Waals surface area (Å²) in [4.78, 5) is 7.86. The summed E-state index contributed by atoms with van der Waals surface area (Å²) in [6, 6.07) is 6.13. The molecular formula is C14H16N4OS. The number of fused-ring (bicyclic) bond motifs is 1. The van der Waals surface area contributed by atoms with Gasteiger partial charge in [0.2, 0.25) is 0 Å². The number of H-pyrrole nitrogens is 1. The zero-order chi connectivity index (χ0) is 14.3. The molecule has 6 heteroatoms. The summed E-state index contributed by atoms with van der Waals surface area (Å²) in [6.07, 6.45) is 0. The van der Waals surface area contributed by atoms with Gasteiger partial charge in [-0.25, -0.2) is 4.98 Å². The van der Waals surface area contributed by atoms with Crippen molar-refractivity contribution in [1.29, 1.82) is 0 Å². The van der Waals surface area contributed by atoms with Crippen molar-refractivity contribution in [3.8, 4) is 0 Å². The summed E-state index contributed by atoms with van der Waals surface area (Å²) in [5.41, 5.74) is 4.88. The molecule has 2 heterocycles. The Morgan fingerprint density at radius 2 is 2.15 bits per heavy atom. The van der Waals surface area contributed by atoms with E-state index in [0.717, 1.165) is 32.5 Å². The van der Waals surface area contributed by atoms with Crippen LogP contribution in [0.2, 0.25) is 0 Å². The Kier molecular flexibility index (Phi) is 3.27. The van der Waals surface area contributed by atoms with E-state index in [0.29, 0.717) is 0 Å². The Bertz CT molecular complexity index is 775. The minimum Gasteiger partial charge on any atom is -0.392 e. The molecule has 20 heavy (non-hydrogen) atoms. The molecule has 0 bridgehead atoms. The zero-order valence-electron chi connectivity index (χ0n) is 11.6. The van der Waals surface area contributed by atoms with Crippen LogP contribution in [-0.2, 0) is 13.7 Å². The van der Waals surface area contributed by atoms with E-state index in [1.54, 1.807) is 4.68 Å². The highest BCUT2D eigenvalue weighted by atomic mass is 32.2. The molecule has 2 aromatic heterocycles. The lowest BCUT2D eigenvalue weighted by molar-refractivity contribution is 0.277. The molecule has 0 fully saturated rings. The molecule has 1 aromatic carbocycles. The maximum Gasteiger partial charge on any atom is 0.172 e. The number of benzene rings is 1. The fourth-order valence-corrected chi connectivity index (χ4v) is 3.23. The molecule has 0 aliphatic carbocycles. The van der Waals surface area contributed by atoms with Gasteiger partial charge in [0.1, 0.15) is 5.03 Å². The maximum atomic E-state index is 9.47. The number of aromatic amines is 1. The van der Waals surface area contributed by atoms with E-state index in [-0.39, 0.29) is 6.61 Å². The highest BCUT2D eigenvalue weighted by Crippen LogP contribution is 2.31. The lowest BCUT2D eigenvalue weighted by Gasteiger charge is -2.01. The van der Waals surface area contributed by atoms with Crippen molar-refractivity contribution < 1.29 is 5.11 Å². The van der Waals surface area contributed by atoms with Crippen molar-refractivity contribution in [3.05, 3.63) is 35.0 Å². The van der Waals surface area contributed by atoms with Crippen LogP contribution in [0, 0.1) is 13.8 Å². The summed E-state index contributed by atoms with van der Waals surface area (Å²) in [5.74, 6) is 0. The Balaban J connectivity index is 2.01. The van der Waals surface area contributed by atoms with E-state index in [9.17, 15) is 5.11 Å². The van der Waals surface area contributed by atoms with E-state index in [4.69, 9.17) is 0 Å². The second kappa shape index (κ2) is 4.96. The van der Waals surface area contributed by atoms with Gasteiger partial charge in [-0.1, -0.05) is 6.07 Å². The lowest BCUT2D eigenvalue weighted by Crippen LogP contribution is -1.94. The third-order valence-electron chi connectivity index (χ3n) is 3.26. The van der Waals surface area contributed by atoms with Gasteiger partial charge in [-0.3, -0.25) is 4.68 Å². The third-order valence-corrected chi connectivity index (χ3v) is 4.35. The predicted molar refractivity (Wildman–Crippen MR) is 78.8 cm³/mol. The quantitative estimate of drug-likeness (QED) is 0.777. The molecule has 0 spiro atoms. The van der Waals surface area contributed by atoms with Crippen molar-refractivity contribution in [2.24, 2.45) is 7.05 Å². The lowest BCUT2D eigenvalue weighted by atomic mass is 10.2. The Morgan fingerprint density at radius 3 is 2.90 bits per heavy atom. The second-order valence-corrected chi connectivity index (χ2v) is 5.79. The van der Waals surface area contributed by atoms with Crippen molar-refractivity contribution in [3.63, 3.8) is 0 Å². The molecule has 3 aromatic rings. The van der Waals surface area contributed by atoms with E-state index in [1.807, 2.05) is 26.1 Å². The maximum absolute atomic E-state index is 9.47. The van der Waals surface area contributed by atoms with Gasteiger partial charge in [-0.05, 0) is 43.3 Å². The van der Waals surface area contributed by atoms with Crippen LogP contribution in [0.15, 0.2) is 28.4 Å². The van der Waals surface area contributed by atoms with E-state index in [1.165, 1.54) is 17.3 Å². The predicted octanol–water partition coefficient (Wildman–Crippen LogP) is 2.56. The highest BCUT2D eigenvalue weighted by Gasteiger charge is 2.15. The fourth-order valence-electron chi connectivity index (χ4n) is 2.23. The van der Waals surface area contributed by atoms with Crippen LogP contribution in [0.5, 0.6) is 0 Å². The molecule has 0 aliphatic heterocycles. The smallest absolute Gasteiger partial charge is 0.172 e. The number of hydrogen-bond donors (Lipinski definition) is 2. The molecule has 0 unspecified atom stereocenters. The Morgan fingerprint density at radius 1 is 1.35 bits per heavy atom. The molecule has 0 amide bonds. The van der Waals surface area contributed by atoms with Gasteiger partial charge in [0.25, 0.3) is 0 Å². The first-order valence-electron chi connectivity index (χ1n) is 6.36. The average molecular weight is 288 g/mol. The number of imidazole rings is 1. The van der Waals surface area contributed by atoms with Crippen LogP contribution in [0.4, 0.5) is 0 Å². The number of nitrogens with zero attached hydrogens (tertiary/aromatic N) is 3. The first-order chi connectivity index (χ1) is 9.58. The van der Waals surface area contributed by atoms with Gasteiger partial charge in [0, 0.05) is 12.6 Å². The van der Waals surface area contributed by atoms with Gasteiger partial charge in [0.15, 0.2) is 5.16 Å². The topological polar surface area (TPSA) is 66.7 Å². The third kappa shape index (κ3) is 2.21. The van der Waals surface area contributed by atoms with Gasteiger partial charge in [-0.2, -0.15) is 5.10 Å². The SMILES string of the molecule is Cc1ccc2nc(Sc3c(CO)c(C)nn3C)[nH]c2c1. The molecule has 0 saturated heterocycles. The van der Waals surface area contributed by atoms with Crippen LogP contribution >= 0.6 is 11.8 Å². The summed E-state index contributed by atoms with van der Waals surface area (Å²) < 4.78 is 1.78. The summed E-state index contributed by atoms with van der Waals surface area (Å²) in [7, 11) is 1.88. The number of nitrogens with one attached hydrogen (secondary N) is 1. The molecule has 0 saturated carbocycles. The van der Waals surface area contributed by atoms with Crippen LogP contribution in [0.25, 0.3) is 11.0 Å². The van der Waals surface area contributed by atoms with E-state index in [2.05, 4.69) is 28.1 Å². The minimum absolute atomic E-state index is 0.0126. The number of rotatable bonds is 3. The molecular weight excluding hydrogens is 272 g/mol. The molecule has 0 atom stereocenters. The van der Waals surface area contributed by atoms with Crippen molar-refractivity contribution in [1.82, 2.24) is 19.7 Å². The van der Waals surface area contributed by atoms with Crippen LogP contribution in [0.3, 0.4) is 0 Å². The molecule has 104 valence electrons. The van der Waals surface area contributed by atoms with Gasteiger partial charge < -0.3 is 10.1 Å². The zero-order valence-corrected chi connectivity index (χ0v) is 12.5. The van der Waals surface area contributed by atoms with Crippen LogP contribution in [0.1, 0.15) is 16.8 Å². The molecule has 0 aliphatic rings. The van der Waals surface area contributed by atoms with E-state index < -0.39 is 0 Å². The van der Waals surface area contributed by atoms with E-state index >= 15 is 0 Å². The highest BCUT2D eigenvalue weighted by molar-refractivity contribution is 7.99. The molecule has 5 nitrogen and oxygen atoms in total. The van der Waals surface area contributed by atoms with Crippen molar-refractivity contribution in [2.75, 3.05) is 0 Å². The Labute approximate surface area is 121 Å². The van der Waals surface area contributed by atoms with Crippen LogP contribution in [-0.4, -0.2) is 24.9 Å². The largest absolute Gasteiger partial charge is 0.392 e. The fraction of sp³-hybridized carbons (Fsp3) is 0.286. The molecule has 0 radical (unpaired) electrons. The van der Waals surface area contributed by atoms with Gasteiger partial charge in [-0.15, -0.1) is 0 Å². The standard InChI is InChI=1S/C14H16N4OS/c1-8-4-5-11-12(6-8)16-14(15-11)20-13-10(7-19)9(2)17-18(13)3/h4-6,19H,7H2,1-3H3,(H,15,16). The Hall–Kier alpha value is -1.79. The first-order valence-corrected chi connectivity index (χ1v) is 7.17. The number of aromatic nitrogens is 4. The molecule has 3 rings (SSSR count). The van der Waals surface area contributed by atoms with Gasteiger partial charge in [0.05, 0.1) is 23.3 Å². The normalized spacial score (nSPS) is 11.4. The number of aliphatic hydroxyl groups excluding tert-OH is 1. The van der Waals surface area contributed by atoms with Gasteiger partial charge >= 0.3 is 0 Å². The van der Waals surface area contributed by atoms with Crippen molar-refractivity contribution in [2.45, 2.75) is 30.6 Å².